The van der Waals surface area contributed by atoms with Crippen LogP contribution < -0.4 is 20.8 Å². The van der Waals surface area contributed by atoms with Gasteiger partial charge in [0.05, 0.1) is 40.9 Å². The van der Waals surface area contributed by atoms with Crippen LogP contribution in [0.1, 0.15) is 110 Å². The molecule has 394 valence electrons. The number of nitrogens with zero attached hydrogens (tertiary/aromatic N) is 4. The van der Waals surface area contributed by atoms with Crippen LogP contribution in [0, 0.1) is 36.5 Å². The topological polar surface area (TPSA) is 239 Å². The lowest BCUT2D eigenvalue weighted by atomic mass is 9.78. The fourth-order valence-corrected chi connectivity index (χ4v) is 10.8. The third-order valence-corrected chi connectivity index (χ3v) is 15.3. The molecule has 0 radical (unpaired) electrons. The molecule has 8 rings (SSSR count). The van der Waals surface area contributed by atoms with Gasteiger partial charge in [-0.2, -0.15) is 0 Å². The fourth-order valence-electron chi connectivity index (χ4n) is 10.8. The van der Waals surface area contributed by atoms with E-state index in [9.17, 15) is 39.6 Å². The minimum atomic E-state index is -2.01. The lowest BCUT2D eigenvalue weighted by molar-refractivity contribution is -0.163. The van der Waals surface area contributed by atoms with Crippen molar-refractivity contribution < 1.29 is 63.3 Å². The van der Waals surface area contributed by atoms with Crippen molar-refractivity contribution in [3.05, 3.63) is 58.0 Å². The average molecular weight is 1000 g/mol. The number of hydrogen-bond donors (Lipinski definition) is 5. The van der Waals surface area contributed by atoms with Crippen LogP contribution in [0.25, 0.3) is 10.8 Å². The maximum absolute atomic E-state index is 14.9. The van der Waals surface area contributed by atoms with Crippen molar-refractivity contribution in [1.82, 2.24) is 9.80 Å². The first-order valence-electron chi connectivity index (χ1n) is 25.5. The lowest BCUT2D eigenvalue weighted by Crippen LogP contribution is -2.46. The minimum absolute atomic E-state index is 0.0146. The first-order chi connectivity index (χ1) is 34.0. The molecule has 6 aliphatic rings. The number of phenolic OH excluding ortho intramolecular Hbond substituents is 2. The number of aliphatic hydroxyl groups excluding tert-OH is 2. The number of fused-ring (bicyclic) bond motifs is 13. The standard InChI is InChI=1S/C54H75N5O13/c1-28(2)26-59-23-20-54(21-24-59)56-42-39-40-47(64)34(8)50-41(39)51(66)53(9,72-50)69-25-19-36(68-11)31(5)49(71-38(61)17-13-16-37(60)70-35-18-22-58(10)27-35)33(7)46(63)32(6)45(62)29(3)14-12-15-30(4)52(67)55-44(48(40)65)43(42)57-54/h12,14-15,19,25,28-29,31-33,35-36,45-46,49,62-65H,13,16-18,20-24,26-27H2,1-11H3,(H,55,67)/b14-12+,25-19+,30-15-/t29-,31+,32+,33+,35?,36-,45-,46+,49+,53-/m0/s1. The van der Waals surface area contributed by atoms with E-state index in [-0.39, 0.29) is 80.7 Å². The van der Waals surface area contributed by atoms with E-state index in [1.807, 2.05) is 7.05 Å². The summed E-state index contributed by atoms with van der Waals surface area (Å²) < 4.78 is 30.2. The first-order valence-corrected chi connectivity index (χ1v) is 25.5. The summed E-state index contributed by atoms with van der Waals surface area (Å²) in [5.74, 6) is -7.37. The summed E-state index contributed by atoms with van der Waals surface area (Å²) in [5, 5.41) is 50.9. The zero-order chi connectivity index (χ0) is 52.6. The number of aliphatic hydroxyl groups is 2. The Balaban J connectivity index is 1.27. The highest BCUT2D eigenvalue weighted by Gasteiger charge is 2.50. The number of nitrogens with one attached hydrogen (secondary N) is 1. The molecule has 0 aromatic heterocycles. The van der Waals surface area contributed by atoms with E-state index in [1.54, 1.807) is 59.8 Å². The predicted octanol–water partition coefficient (Wildman–Crippen LogP) is 5.15. The molecule has 2 aromatic rings. The number of methoxy groups -OCH3 is 1. The van der Waals surface area contributed by atoms with Gasteiger partial charge in [-0.1, -0.05) is 59.8 Å². The lowest BCUT2D eigenvalue weighted by Gasteiger charge is -2.38. The number of ketones is 1. The number of piperidine rings is 1. The highest BCUT2D eigenvalue weighted by molar-refractivity contribution is 6.19. The molecule has 5 N–H and O–H groups in total. The molecule has 1 spiro atoms. The molecule has 1 unspecified atom stereocenters. The smallest absolute Gasteiger partial charge is 0.312 e. The van der Waals surface area contributed by atoms with Crippen LogP contribution >= 0.6 is 0 Å². The van der Waals surface area contributed by atoms with Crippen molar-refractivity contribution in [3.63, 3.8) is 0 Å². The van der Waals surface area contributed by atoms with Gasteiger partial charge in [-0.25, -0.2) is 0 Å². The summed E-state index contributed by atoms with van der Waals surface area (Å²) in [6.45, 7) is 19.6. The van der Waals surface area contributed by atoms with Crippen molar-refractivity contribution in [1.29, 1.82) is 0 Å². The van der Waals surface area contributed by atoms with Crippen LogP contribution in [0.2, 0.25) is 0 Å². The minimum Gasteiger partial charge on any atom is -0.507 e. The Kier molecular flexibility index (Phi) is 16.6. The molecular weight excluding hydrogens is 927 g/mol. The molecule has 5 bridgehead atoms. The number of esters is 2. The second kappa shape index (κ2) is 22.0. The van der Waals surface area contributed by atoms with Crippen molar-refractivity contribution in [2.24, 2.45) is 39.6 Å². The second-order valence-electron chi connectivity index (χ2n) is 21.3. The van der Waals surface area contributed by atoms with Gasteiger partial charge in [0.2, 0.25) is 0 Å². The number of phenols is 2. The number of anilines is 1. The Labute approximate surface area is 421 Å². The van der Waals surface area contributed by atoms with Crippen LogP contribution in [0.4, 0.5) is 5.69 Å². The Bertz CT molecular complexity index is 2640. The van der Waals surface area contributed by atoms with Gasteiger partial charge >= 0.3 is 17.7 Å². The number of Topliss-reactive ketones (excluding diaryl/α,β-unsaturated/α-hetero) is 1. The number of aromatic hydroxyl groups is 2. The number of amides is 1. The molecular formula is C54H75N5O13. The number of ether oxygens (including phenoxy) is 5. The van der Waals surface area contributed by atoms with Gasteiger partial charge in [0.25, 0.3) is 11.7 Å². The van der Waals surface area contributed by atoms with Gasteiger partial charge in [-0.3, -0.25) is 29.2 Å². The molecule has 2 fully saturated rings. The summed E-state index contributed by atoms with van der Waals surface area (Å²) >= 11 is 0. The van der Waals surface area contributed by atoms with E-state index in [0.29, 0.717) is 38.4 Å². The first kappa shape index (κ1) is 54.4. The molecule has 18 heteroatoms. The largest absolute Gasteiger partial charge is 0.507 e. The van der Waals surface area contributed by atoms with Gasteiger partial charge < -0.3 is 59.2 Å². The van der Waals surface area contributed by atoms with E-state index >= 15 is 0 Å². The Morgan fingerprint density at radius 1 is 0.903 bits per heavy atom. The predicted molar refractivity (Wildman–Crippen MR) is 268 cm³/mol. The summed E-state index contributed by atoms with van der Waals surface area (Å²) in [5.41, 5.74) is -0.672. The molecule has 18 nitrogen and oxygen atoms in total. The van der Waals surface area contributed by atoms with Crippen LogP contribution in [0.5, 0.6) is 17.2 Å². The SMILES string of the molecule is CO[C@H]1/C=C/O[C@@]2(C)Oc3c(C)c(O)c4c(O)c(c5c(c4c3C2=O)=NC2(CCN(CC(C)C)CC2)N=5)NC(=O)/C(C)=C\C=C\[C@H](C)[C@H](O)[C@@H](C)[C@@H](O)[C@@H](C)[C@H](OC(=O)CCCC(=O)OC2CCN(C)C2)[C@@H]1C. The van der Waals surface area contributed by atoms with Crippen LogP contribution in [-0.2, 0) is 33.3 Å². The third kappa shape index (κ3) is 11.1. The Hall–Kier alpha value is -5.40. The van der Waals surface area contributed by atoms with E-state index in [4.69, 9.17) is 33.7 Å². The third-order valence-electron chi connectivity index (χ3n) is 15.3. The number of rotatable bonds is 9. The number of carbonyl (C=O) groups is 4. The summed E-state index contributed by atoms with van der Waals surface area (Å²) in [6.07, 6.45) is 5.26. The molecule has 0 saturated carbocycles. The van der Waals surface area contributed by atoms with Gasteiger partial charge in [0, 0.05) is 113 Å². The van der Waals surface area contributed by atoms with Crippen LogP contribution in [-0.4, -0.2) is 143 Å². The van der Waals surface area contributed by atoms with E-state index < -0.39 is 88.9 Å². The van der Waals surface area contributed by atoms with E-state index in [1.165, 1.54) is 26.4 Å². The maximum atomic E-state index is 14.9. The zero-order valence-electron chi connectivity index (χ0n) is 43.7. The van der Waals surface area contributed by atoms with Crippen molar-refractivity contribution in [2.75, 3.05) is 52.2 Å². The zero-order valence-corrected chi connectivity index (χ0v) is 43.7. The molecule has 6 aliphatic heterocycles. The monoisotopic (exact) mass is 1000 g/mol. The Morgan fingerprint density at radius 2 is 1.57 bits per heavy atom. The normalized spacial score (nSPS) is 31.8. The van der Waals surface area contributed by atoms with Crippen molar-refractivity contribution >= 4 is 40.1 Å². The summed E-state index contributed by atoms with van der Waals surface area (Å²) in [4.78, 5) is 70.0. The quantitative estimate of drug-likeness (QED) is 0.161. The molecule has 1 amide bonds. The highest BCUT2D eigenvalue weighted by atomic mass is 16.7. The number of hydrogen-bond acceptors (Lipinski definition) is 17. The second-order valence-corrected chi connectivity index (χ2v) is 21.3. The number of allylic oxidation sites excluding steroid dienone is 2. The number of likely N-dealkylation sites (tertiary alicyclic amines) is 2. The summed E-state index contributed by atoms with van der Waals surface area (Å²) in [7, 11) is 3.42. The van der Waals surface area contributed by atoms with Gasteiger partial charge in [0.15, 0.2) is 11.4 Å². The van der Waals surface area contributed by atoms with Gasteiger partial charge in [-0.15, -0.1) is 0 Å². The number of carbonyl (C=O) groups excluding carboxylic acids is 4. The summed E-state index contributed by atoms with van der Waals surface area (Å²) in [6, 6.07) is 0. The average Bonchev–Trinajstić information content (AvgIpc) is 4.00. The number of likely N-dealkylation sites (N-methyl/N-ethyl adjacent to an activating group) is 1. The highest BCUT2D eigenvalue weighted by Crippen LogP contribution is 2.50. The molecule has 0 aliphatic carbocycles. The van der Waals surface area contributed by atoms with E-state index in [0.717, 1.165) is 19.5 Å². The number of benzene rings is 2. The van der Waals surface area contributed by atoms with Gasteiger partial charge in [0.1, 0.15) is 34.8 Å². The molecule has 2 saturated heterocycles. The Morgan fingerprint density at radius 3 is 2.21 bits per heavy atom. The molecule has 10 atom stereocenters. The van der Waals surface area contributed by atoms with Crippen molar-refractivity contribution in [3.8, 4) is 17.2 Å². The fraction of sp³-hybridized carbons (Fsp3) is 0.630. The van der Waals surface area contributed by atoms with Crippen LogP contribution in [0.15, 0.2) is 46.1 Å². The van der Waals surface area contributed by atoms with E-state index in [2.05, 4.69) is 29.0 Å². The van der Waals surface area contributed by atoms with Gasteiger partial charge in [-0.05, 0) is 45.7 Å². The molecule has 2 aromatic carbocycles. The van der Waals surface area contributed by atoms with Crippen molar-refractivity contribution in [2.45, 2.75) is 143 Å². The van der Waals surface area contributed by atoms with Crippen LogP contribution in [0.3, 0.4) is 0 Å². The molecule has 6 heterocycles. The molecule has 72 heavy (non-hydrogen) atoms. The maximum Gasteiger partial charge on any atom is 0.312 e.